The summed E-state index contributed by atoms with van der Waals surface area (Å²) in [5.74, 6) is -1.08. The maximum absolute atomic E-state index is 13.0. The van der Waals surface area contributed by atoms with Gasteiger partial charge in [-0.3, -0.25) is 19.6 Å². The molecular formula is C28H54N6O7S. The molecule has 0 saturated heterocycles. The number of nitrogens with one attached hydrogen (secondary N) is 3. The normalized spacial score (nSPS) is 12.5. The quantitative estimate of drug-likeness (QED) is 0.0190. The number of hydrogen-bond acceptors (Lipinski definition) is 10. The highest BCUT2D eigenvalue weighted by Gasteiger charge is 2.37. The molecule has 0 fully saturated rings. The van der Waals surface area contributed by atoms with Crippen LogP contribution in [-0.4, -0.2) is 114 Å². The fraction of sp³-hybridized carbons (Fsp3) is 0.821. The Morgan fingerprint density at radius 3 is 1.88 bits per heavy atom. The Morgan fingerprint density at radius 1 is 0.714 bits per heavy atom. The molecule has 13 nitrogen and oxygen atoms in total. The SMILES string of the molecule is CN(O)CCCCCNC(=O)CCC(=O)N(O)CCCCCNC(=O)C(C=O)(CCCCCNC=S)CCCN(C)O. The van der Waals surface area contributed by atoms with E-state index in [0.29, 0.717) is 76.2 Å². The van der Waals surface area contributed by atoms with E-state index in [-0.39, 0.29) is 31.2 Å². The number of nitrogens with zero attached hydrogens (tertiary/aromatic N) is 3. The number of thiocarbonyl (C=S) groups is 1. The Balaban J connectivity index is 4.31. The highest BCUT2D eigenvalue weighted by Crippen LogP contribution is 2.29. The first kappa shape index (κ1) is 39.8. The predicted molar refractivity (Wildman–Crippen MR) is 163 cm³/mol. The molecule has 0 spiro atoms. The molecule has 0 saturated carbocycles. The zero-order chi connectivity index (χ0) is 31.6. The summed E-state index contributed by atoms with van der Waals surface area (Å²) in [6.07, 6.45) is 8.61. The summed E-state index contributed by atoms with van der Waals surface area (Å²) < 4.78 is 0. The monoisotopic (exact) mass is 618 g/mol. The Kier molecular flexibility index (Phi) is 23.9. The summed E-state index contributed by atoms with van der Waals surface area (Å²) in [6.45, 7) is 2.66. The first-order valence-electron chi connectivity index (χ1n) is 15.1. The van der Waals surface area contributed by atoms with Gasteiger partial charge in [0.25, 0.3) is 0 Å². The summed E-state index contributed by atoms with van der Waals surface area (Å²) in [7, 11) is 3.11. The second kappa shape index (κ2) is 25.3. The Morgan fingerprint density at radius 2 is 1.26 bits per heavy atom. The van der Waals surface area contributed by atoms with Crippen LogP contribution < -0.4 is 16.0 Å². The number of carbonyl (C=O) groups excluding carboxylic acids is 4. The molecule has 42 heavy (non-hydrogen) atoms. The number of hydrogen-bond donors (Lipinski definition) is 6. The average Bonchev–Trinajstić information content (AvgIpc) is 2.95. The van der Waals surface area contributed by atoms with Crippen molar-refractivity contribution in [3.05, 3.63) is 0 Å². The van der Waals surface area contributed by atoms with E-state index in [9.17, 15) is 29.6 Å². The van der Waals surface area contributed by atoms with Gasteiger partial charge >= 0.3 is 0 Å². The van der Waals surface area contributed by atoms with Crippen LogP contribution in [0.5, 0.6) is 0 Å². The first-order valence-corrected chi connectivity index (χ1v) is 15.5. The third-order valence-corrected chi connectivity index (χ3v) is 7.14. The highest BCUT2D eigenvalue weighted by molar-refractivity contribution is 7.78. The van der Waals surface area contributed by atoms with E-state index in [1.54, 1.807) is 7.05 Å². The smallest absolute Gasteiger partial charge is 0.246 e. The van der Waals surface area contributed by atoms with Crippen LogP contribution in [0.1, 0.15) is 89.9 Å². The lowest BCUT2D eigenvalue weighted by atomic mass is 9.78. The minimum atomic E-state index is -1.15. The molecule has 0 rings (SSSR count). The van der Waals surface area contributed by atoms with E-state index in [2.05, 4.69) is 16.0 Å². The minimum Gasteiger partial charge on any atom is -0.382 e. The molecular weight excluding hydrogens is 564 g/mol. The van der Waals surface area contributed by atoms with Gasteiger partial charge in [0, 0.05) is 66.2 Å². The van der Waals surface area contributed by atoms with Gasteiger partial charge in [-0.15, -0.1) is 0 Å². The van der Waals surface area contributed by atoms with Crippen LogP contribution in [0.15, 0.2) is 0 Å². The van der Waals surface area contributed by atoms with Gasteiger partial charge in [0.1, 0.15) is 11.7 Å². The van der Waals surface area contributed by atoms with Crippen LogP contribution in [0.3, 0.4) is 0 Å². The molecule has 0 aliphatic rings. The molecule has 6 N–H and O–H groups in total. The van der Waals surface area contributed by atoms with E-state index in [1.807, 2.05) is 0 Å². The van der Waals surface area contributed by atoms with Crippen molar-refractivity contribution in [3.63, 3.8) is 0 Å². The molecule has 0 aromatic heterocycles. The summed E-state index contributed by atoms with van der Waals surface area (Å²) in [4.78, 5) is 49.2. The van der Waals surface area contributed by atoms with Gasteiger partial charge in [-0.05, 0) is 57.8 Å². The minimum absolute atomic E-state index is 0.00158. The molecule has 14 heteroatoms. The molecule has 0 bridgehead atoms. The number of aldehydes is 1. The van der Waals surface area contributed by atoms with E-state index >= 15 is 0 Å². The molecule has 3 amide bonds. The topological polar surface area (TPSA) is 175 Å². The van der Waals surface area contributed by atoms with Crippen molar-refractivity contribution in [2.75, 3.05) is 53.4 Å². The molecule has 0 aliphatic heterocycles. The van der Waals surface area contributed by atoms with Gasteiger partial charge in [-0.25, -0.2) is 5.06 Å². The van der Waals surface area contributed by atoms with Crippen molar-refractivity contribution in [1.29, 1.82) is 0 Å². The van der Waals surface area contributed by atoms with Crippen LogP contribution in [-0.2, 0) is 19.2 Å². The van der Waals surface area contributed by atoms with Crippen LogP contribution in [0.4, 0.5) is 0 Å². The maximum Gasteiger partial charge on any atom is 0.246 e. The number of carbonyl (C=O) groups is 4. The third-order valence-electron chi connectivity index (χ3n) is 6.98. The first-order chi connectivity index (χ1) is 20.1. The van der Waals surface area contributed by atoms with Crippen molar-refractivity contribution in [3.8, 4) is 0 Å². The molecule has 244 valence electrons. The van der Waals surface area contributed by atoms with Gasteiger partial charge in [-0.1, -0.05) is 31.5 Å². The third kappa shape index (κ3) is 20.6. The van der Waals surface area contributed by atoms with E-state index in [4.69, 9.17) is 17.4 Å². The van der Waals surface area contributed by atoms with Crippen molar-refractivity contribution < 1.29 is 34.8 Å². The van der Waals surface area contributed by atoms with Gasteiger partial charge in [0.2, 0.25) is 17.7 Å². The molecule has 0 aliphatic carbocycles. The van der Waals surface area contributed by atoms with Crippen molar-refractivity contribution in [1.82, 2.24) is 31.1 Å². The summed E-state index contributed by atoms with van der Waals surface area (Å²) >= 11 is 4.74. The standard InChI is InChI=1S/C28H54N6O7S/c1-32(39)20-10-4-8-18-30-25(36)13-14-26(37)34(41)22-11-5-9-19-31-27(38)28(23-35,16-12-21-33(2)40)15-6-3-7-17-29-24-42/h23-24,39-41H,3-22H2,1-2H3,(H,29,42)(H,30,36)(H,31,38). The number of amides is 3. The molecule has 0 heterocycles. The van der Waals surface area contributed by atoms with Crippen LogP contribution in [0.2, 0.25) is 0 Å². The van der Waals surface area contributed by atoms with Gasteiger partial charge < -0.3 is 31.2 Å². The fourth-order valence-electron chi connectivity index (χ4n) is 4.42. The molecule has 0 aromatic carbocycles. The molecule has 0 aromatic rings. The van der Waals surface area contributed by atoms with Crippen LogP contribution in [0, 0.1) is 5.41 Å². The lowest BCUT2D eigenvalue weighted by Gasteiger charge is -2.27. The molecule has 0 radical (unpaired) electrons. The fourth-order valence-corrected chi connectivity index (χ4v) is 4.54. The van der Waals surface area contributed by atoms with Crippen LogP contribution in [0.25, 0.3) is 0 Å². The highest BCUT2D eigenvalue weighted by atomic mass is 32.1. The van der Waals surface area contributed by atoms with Crippen molar-refractivity contribution >= 4 is 41.7 Å². The number of unbranched alkanes of at least 4 members (excludes halogenated alkanes) is 6. The lowest BCUT2D eigenvalue weighted by Crippen LogP contribution is -2.43. The zero-order valence-electron chi connectivity index (χ0n) is 25.5. The van der Waals surface area contributed by atoms with E-state index in [1.165, 1.54) is 12.5 Å². The largest absolute Gasteiger partial charge is 0.382 e. The summed E-state index contributed by atoms with van der Waals surface area (Å²) in [6, 6.07) is 0. The average molecular weight is 619 g/mol. The van der Waals surface area contributed by atoms with Gasteiger partial charge in [0.05, 0.1) is 5.49 Å². The van der Waals surface area contributed by atoms with Crippen molar-refractivity contribution in [2.45, 2.75) is 89.9 Å². The van der Waals surface area contributed by atoms with Crippen LogP contribution >= 0.6 is 12.2 Å². The lowest BCUT2D eigenvalue weighted by molar-refractivity contribution is -0.166. The number of hydroxylamine groups is 6. The maximum atomic E-state index is 13.0. The Hall–Kier alpha value is -2.23. The zero-order valence-corrected chi connectivity index (χ0v) is 26.3. The second-order valence-electron chi connectivity index (χ2n) is 10.8. The number of rotatable bonds is 28. The van der Waals surface area contributed by atoms with Gasteiger partial charge in [0.15, 0.2) is 0 Å². The Labute approximate surface area is 256 Å². The predicted octanol–water partition coefficient (Wildman–Crippen LogP) is 2.27. The molecule has 1 atom stereocenters. The Bertz CT molecular complexity index is 775. The van der Waals surface area contributed by atoms with Crippen molar-refractivity contribution in [2.24, 2.45) is 5.41 Å². The summed E-state index contributed by atoms with van der Waals surface area (Å²) in [5.41, 5.74) is 0.322. The van der Waals surface area contributed by atoms with E-state index < -0.39 is 11.3 Å². The summed E-state index contributed by atoms with van der Waals surface area (Å²) in [5, 5.41) is 39.9. The molecule has 1 unspecified atom stereocenters. The second-order valence-corrected chi connectivity index (χ2v) is 11.0. The van der Waals surface area contributed by atoms with Gasteiger partial charge in [-0.2, -0.15) is 10.1 Å². The van der Waals surface area contributed by atoms with E-state index in [0.717, 1.165) is 55.1 Å².